The molecule has 4 rings (SSSR count). The Bertz CT molecular complexity index is 845. The number of benzene rings is 1. The quantitative estimate of drug-likeness (QED) is 0.860. The number of nitrogens with one attached hydrogen (secondary N) is 1. The van der Waals surface area contributed by atoms with E-state index >= 15 is 0 Å². The van der Waals surface area contributed by atoms with Gasteiger partial charge in [-0.1, -0.05) is 18.2 Å². The van der Waals surface area contributed by atoms with E-state index in [-0.39, 0.29) is 29.8 Å². The fraction of sp³-hybridized carbons (Fsp3) is 0.522. The minimum atomic E-state index is 0.0842. The van der Waals surface area contributed by atoms with Crippen LogP contribution < -0.4 is 0 Å². The Labute approximate surface area is 172 Å². The molecule has 1 aromatic carbocycles. The van der Waals surface area contributed by atoms with Gasteiger partial charge in [0, 0.05) is 36.7 Å². The van der Waals surface area contributed by atoms with Crippen LogP contribution in [0.3, 0.4) is 0 Å². The molecule has 2 unspecified atom stereocenters. The smallest absolute Gasteiger partial charge is 0.257 e. The summed E-state index contributed by atoms with van der Waals surface area (Å²) in [5.41, 5.74) is 2.38. The normalized spacial score (nSPS) is 23.2. The Morgan fingerprint density at radius 2 is 1.62 bits per heavy atom. The van der Waals surface area contributed by atoms with Gasteiger partial charge in [0.15, 0.2) is 0 Å². The second-order valence-corrected chi connectivity index (χ2v) is 8.47. The summed E-state index contributed by atoms with van der Waals surface area (Å²) in [4.78, 5) is 29.9. The summed E-state index contributed by atoms with van der Waals surface area (Å²) in [5, 5.41) is 7.31. The van der Waals surface area contributed by atoms with Crippen molar-refractivity contribution in [2.75, 3.05) is 13.1 Å². The predicted molar refractivity (Wildman–Crippen MR) is 112 cm³/mol. The molecule has 2 aromatic rings. The first-order valence-corrected chi connectivity index (χ1v) is 10.8. The fourth-order valence-corrected chi connectivity index (χ4v) is 4.87. The maximum atomic E-state index is 13.3. The van der Waals surface area contributed by atoms with Crippen LogP contribution >= 0.6 is 0 Å². The standard InChI is InChI=1S/C23H30N4O2/c1-16-7-6-8-17(2)27(16)23(29)20-15-24-25-21(20)18-11-13-26(14-12-18)22(28)19-9-4-3-5-10-19/h3-5,9-10,15-18H,6-8,11-14H2,1-2H3,(H,24,25). The van der Waals surface area contributed by atoms with Crippen LogP contribution in [0.5, 0.6) is 0 Å². The number of rotatable bonds is 3. The molecule has 0 aliphatic carbocycles. The average molecular weight is 395 g/mol. The van der Waals surface area contributed by atoms with Crippen LogP contribution in [-0.4, -0.2) is 57.0 Å². The van der Waals surface area contributed by atoms with Gasteiger partial charge in [-0.2, -0.15) is 5.10 Å². The molecule has 154 valence electrons. The van der Waals surface area contributed by atoms with E-state index in [2.05, 4.69) is 24.0 Å². The number of piperidine rings is 2. The molecular formula is C23H30N4O2. The van der Waals surface area contributed by atoms with Gasteiger partial charge in [0.2, 0.25) is 0 Å². The van der Waals surface area contributed by atoms with Crippen molar-refractivity contribution in [2.45, 2.75) is 64.0 Å². The Morgan fingerprint density at radius 3 is 2.28 bits per heavy atom. The van der Waals surface area contributed by atoms with Crippen molar-refractivity contribution in [3.8, 4) is 0 Å². The number of amides is 2. The highest BCUT2D eigenvalue weighted by molar-refractivity contribution is 5.96. The number of carbonyl (C=O) groups is 2. The first-order chi connectivity index (χ1) is 14.1. The number of aromatic nitrogens is 2. The third-order valence-electron chi connectivity index (χ3n) is 6.54. The van der Waals surface area contributed by atoms with Crippen molar-refractivity contribution in [2.24, 2.45) is 0 Å². The highest BCUT2D eigenvalue weighted by Gasteiger charge is 2.34. The summed E-state index contributed by atoms with van der Waals surface area (Å²) >= 11 is 0. The van der Waals surface area contributed by atoms with Crippen LogP contribution in [0.1, 0.15) is 78.3 Å². The maximum Gasteiger partial charge on any atom is 0.257 e. The van der Waals surface area contributed by atoms with Crippen LogP contribution in [0.25, 0.3) is 0 Å². The van der Waals surface area contributed by atoms with E-state index in [0.29, 0.717) is 18.7 Å². The summed E-state index contributed by atoms with van der Waals surface area (Å²) in [6, 6.07) is 9.96. The lowest BCUT2D eigenvalue weighted by Gasteiger charge is -2.39. The van der Waals surface area contributed by atoms with E-state index in [9.17, 15) is 9.59 Å². The van der Waals surface area contributed by atoms with Crippen molar-refractivity contribution in [3.05, 3.63) is 53.3 Å². The average Bonchev–Trinajstić information content (AvgIpc) is 3.24. The van der Waals surface area contributed by atoms with Crippen molar-refractivity contribution >= 4 is 11.8 Å². The summed E-state index contributed by atoms with van der Waals surface area (Å²) in [6.45, 7) is 5.67. The van der Waals surface area contributed by atoms with Gasteiger partial charge >= 0.3 is 0 Å². The van der Waals surface area contributed by atoms with E-state index < -0.39 is 0 Å². The number of H-pyrrole nitrogens is 1. The van der Waals surface area contributed by atoms with Crippen LogP contribution in [0.2, 0.25) is 0 Å². The molecular weight excluding hydrogens is 364 g/mol. The van der Waals surface area contributed by atoms with Gasteiger partial charge in [-0.15, -0.1) is 0 Å². The Hall–Kier alpha value is -2.63. The van der Waals surface area contributed by atoms with Crippen molar-refractivity contribution in [1.29, 1.82) is 0 Å². The zero-order valence-electron chi connectivity index (χ0n) is 17.3. The first-order valence-electron chi connectivity index (χ1n) is 10.8. The van der Waals surface area contributed by atoms with E-state index in [4.69, 9.17) is 0 Å². The van der Waals surface area contributed by atoms with Crippen molar-refractivity contribution in [1.82, 2.24) is 20.0 Å². The van der Waals surface area contributed by atoms with Gasteiger partial charge in [-0.3, -0.25) is 14.7 Å². The molecule has 2 saturated heterocycles. The third-order valence-corrected chi connectivity index (χ3v) is 6.54. The van der Waals surface area contributed by atoms with E-state index in [1.165, 1.54) is 6.42 Å². The molecule has 1 aromatic heterocycles. The zero-order valence-corrected chi connectivity index (χ0v) is 17.3. The molecule has 0 radical (unpaired) electrons. The lowest BCUT2D eigenvalue weighted by atomic mass is 9.90. The first kappa shape index (κ1) is 19.7. The Morgan fingerprint density at radius 1 is 0.966 bits per heavy atom. The summed E-state index contributed by atoms with van der Waals surface area (Å²) in [7, 11) is 0. The highest BCUT2D eigenvalue weighted by Crippen LogP contribution is 2.32. The molecule has 29 heavy (non-hydrogen) atoms. The molecule has 3 heterocycles. The maximum absolute atomic E-state index is 13.3. The Kier molecular flexibility index (Phi) is 5.69. The number of hydrogen-bond acceptors (Lipinski definition) is 3. The number of carbonyl (C=O) groups excluding carboxylic acids is 2. The minimum Gasteiger partial charge on any atom is -0.339 e. The van der Waals surface area contributed by atoms with Gasteiger partial charge in [0.05, 0.1) is 17.5 Å². The van der Waals surface area contributed by atoms with Crippen LogP contribution in [0, 0.1) is 0 Å². The molecule has 6 heteroatoms. The van der Waals surface area contributed by atoms with Gasteiger partial charge in [-0.25, -0.2) is 0 Å². The molecule has 2 fully saturated rings. The number of likely N-dealkylation sites (tertiary alicyclic amines) is 2. The second kappa shape index (κ2) is 8.39. The van der Waals surface area contributed by atoms with Gasteiger partial charge in [0.1, 0.15) is 0 Å². The van der Waals surface area contributed by atoms with Crippen LogP contribution in [-0.2, 0) is 0 Å². The monoisotopic (exact) mass is 394 g/mol. The van der Waals surface area contributed by atoms with Crippen LogP contribution in [0.15, 0.2) is 36.5 Å². The van der Waals surface area contributed by atoms with Gasteiger partial charge in [-0.05, 0) is 58.1 Å². The molecule has 0 saturated carbocycles. The summed E-state index contributed by atoms with van der Waals surface area (Å²) < 4.78 is 0. The Balaban J connectivity index is 1.44. The molecule has 2 aliphatic rings. The van der Waals surface area contributed by atoms with E-state index in [0.717, 1.165) is 36.9 Å². The molecule has 6 nitrogen and oxygen atoms in total. The number of hydrogen-bond donors (Lipinski definition) is 1. The van der Waals surface area contributed by atoms with Crippen molar-refractivity contribution in [3.63, 3.8) is 0 Å². The number of aromatic amines is 1. The van der Waals surface area contributed by atoms with E-state index in [1.54, 1.807) is 6.20 Å². The summed E-state index contributed by atoms with van der Waals surface area (Å²) in [5.74, 6) is 0.406. The lowest BCUT2D eigenvalue weighted by molar-refractivity contribution is 0.0507. The SMILES string of the molecule is CC1CCCC(C)N1C(=O)c1cn[nH]c1C1CCN(C(=O)c2ccccc2)CC1. The molecule has 0 bridgehead atoms. The van der Waals surface area contributed by atoms with Gasteiger partial charge in [0.25, 0.3) is 11.8 Å². The topological polar surface area (TPSA) is 69.3 Å². The van der Waals surface area contributed by atoms with Crippen LogP contribution in [0.4, 0.5) is 0 Å². The lowest BCUT2D eigenvalue weighted by Crippen LogP contribution is -2.47. The molecule has 2 atom stereocenters. The fourth-order valence-electron chi connectivity index (χ4n) is 4.87. The van der Waals surface area contributed by atoms with Crippen molar-refractivity contribution < 1.29 is 9.59 Å². The molecule has 2 amide bonds. The number of nitrogens with zero attached hydrogens (tertiary/aromatic N) is 3. The largest absolute Gasteiger partial charge is 0.339 e. The molecule has 0 spiro atoms. The van der Waals surface area contributed by atoms with Gasteiger partial charge < -0.3 is 9.80 Å². The second-order valence-electron chi connectivity index (χ2n) is 8.47. The van der Waals surface area contributed by atoms with E-state index in [1.807, 2.05) is 40.1 Å². The predicted octanol–water partition coefficient (Wildman–Crippen LogP) is 3.83. The molecule has 1 N–H and O–H groups in total. The molecule has 2 aliphatic heterocycles. The highest BCUT2D eigenvalue weighted by atomic mass is 16.2. The summed E-state index contributed by atoms with van der Waals surface area (Å²) in [6.07, 6.45) is 6.66. The third kappa shape index (κ3) is 3.93. The zero-order chi connectivity index (χ0) is 20.4. The minimum absolute atomic E-state index is 0.0842.